The molecule has 1 unspecified atom stereocenters. The van der Waals surface area contributed by atoms with Gasteiger partial charge < -0.3 is 9.47 Å². The van der Waals surface area contributed by atoms with Gasteiger partial charge in [-0.25, -0.2) is 4.39 Å². The van der Waals surface area contributed by atoms with Gasteiger partial charge in [0.15, 0.2) is 12.7 Å². The second-order valence-electron chi connectivity index (χ2n) is 6.05. The smallest absolute Gasteiger partial charge is 0.279 e. The minimum Gasteiger partial charge on any atom is -0.484 e. The van der Waals surface area contributed by atoms with E-state index >= 15 is 0 Å². The average Bonchev–Trinajstić information content (AvgIpc) is 2.70. The van der Waals surface area contributed by atoms with Crippen LogP contribution < -0.4 is 20.3 Å². The first-order valence-corrected chi connectivity index (χ1v) is 8.64. The first-order valence-electron chi connectivity index (χ1n) is 8.64. The largest absolute Gasteiger partial charge is 0.484 e. The van der Waals surface area contributed by atoms with Crippen molar-refractivity contribution in [2.45, 2.75) is 13.0 Å². The van der Waals surface area contributed by atoms with Crippen molar-refractivity contribution < 1.29 is 23.5 Å². The van der Waals surface area contributed by atoms with Crippen molar-refractivity contribution in [2.75, 3.05) is 6.61 Å². The number of hydrogen-bond acceptors (Lipinski definition) is 4. The quantitative estimate of drug-likeness (QED) is 0.643. The highest BCUT2D eigenvalue weighted by molar-refractivity contribution is 5.86. The van der Waals surface area contributed by atoms with Gasteiger partial charge in [-0.15, -0.1) is 0 Å². The molecule has 0 spiro atoms. The molecule has 3 rings (SSSR count). The Balaban J connectivity index is 1.46. The van der Waals surface area contributed by atoms with E-state index in [4.69, 9.17) is 9.47 Å². The first-order chi connectivity index (χ1) is 13.5. The Morgan fingerprint density at radius 2 is 1.71 bits per heavy atom. The summed E-state index contributed by atoms with van der Waals surface area (Å²) in [5, 5.41) is 2.06. The Labute approximate surface area is 161 Å². The van der Waals surface area contributed by atoms with E-state index in [0.717, 1.165) is 16.8 Å². The van der Waals surface area contributed by atoms with Crippen LogP contribution in [0.4, 0.5) is 4.39 Å². The Bertz CT molecular complexity index is 993. The molecular weight excluding hydrogens is 363 g/mol. The average molecular weight is 382 g/mol. The number of benzene rings is 3. The molecule has 6 nitrogen and oxygen atoms in total. The lowest BCUT2D eigenvalue weighted by Crippen LogP contribution is -2.48. The number of hydrazine groups is 1. The van der Waals surface area contributed by atoms with Crippen molar-refractivity contribution >= 4 is 22.6 Å². The predicted molar refractivity (Wildman–Crippen MR) is 102 cm³/mol. The molecule has 0 fully saturated rings. The number of nitrogens with one attached hydrogen (secondary N) is 2. The van der Waals surface area contributed by atoms with Crippen LogP contribution in [0.2, 0.25) is 0 Å². The SMILES string of the molecule is CC(Oc1ccc2ccccc2c1)C(=O)NNC(=O)COc1cccc(F)c1. The molecule has 0 heterocycles. The van der Waals surface area contributed by atoms with E-state index in [9.17, 15) is 14.0 Å². The maximum atomic E-state index is 13.0. The summed E-state index contributed by atoms with van der Waals surface area (Å²) in [7, 11) is 0. The molecule has 0 bridgehead atoms. The lowest BCUT2D eigenvalue weighted by molar-refractivity contribution is -0.133. The maximum absolute atomic E-state index is 13.0. The van der Waals surface area contributed by atoms with E-state index in [-0.39, 0.29) is 12.4 Å². The third-order valence-corrected chi connectivity index (χ3v) is 3.89. The van der Waals surface area contributed by atoms with Crippen LogP contribution in [0.25, 0.3) is 10.8 Å². The lowest BCUT2D eigenvalue weighted by Gasteiger charge is -2.15. The molecular formula is C21H19FN2O4. The summed E-state index contributed by atoms with van der Waals surface area (Å²) in [6, 6.07) is 18.7. The first kappa shape index (κ1) is 19.2. The summed E-state index contributed by atoms with van der Waals surface area (Å²) >= 11 is 0. The zero-order valence-corrected chi connectivity index (χ0v) is 15.1. The fourth-order valence-corrected chi connectivity index (χ4v) is 2.47. The van der Waals surface area contributed by atoms with E-state index in [2.05, 4.69) is 10.9 Å². The second kappa shape index (κ2) is 8.85. The zero-order chi connectivity index (χ0) is 19.9. The number of rotatable bonds is 6. The molecule has 1 atom stereocenters. The molecule has 0 saturated carbocycles. The summed E-state index contributed by atoms with van der Waals surface area (Å²) in [5.41, 5.74) is 4.50. The Morgan fingerprint density at radius 1 is 0.929 bits per heavy atom. The standard InChI is InChI=1S/C21H19FN2O4/c1-14(28-19-10-9-15-5-2-3-6-16(15)11-19)21(26)24-23-20(25)13-27-18-8-4-7-17(22)12-18/h2-12,14H,13H2,1H3,(H,23,25)(H,24,26). The normalized spacial score (nSPS) is 11.5. The fraction of sp³-hybridized carbons (Fsp3) is 0.143. The van der Waals surface area contributed by atoms with Crippen molar-refractivity contribution in [1.82, 2.24) is 10.9 Å². The topological polar surface area (TPSA) is 76.7 Å². The Hall–Kier alpha value is -3.61. The van der Waals surface area contributed by atoms with Gasteiger partial charge in [0, 0.05) is 6.07 Å². The number of carbonyl (C=O) groups excluding carboxylic acids is 2. The summed E-state index contributed by atoms with van der Waals surface area (Å²) in [5.74, 6) is -0.815. The van der Waals surface area contributed by atoms with Gasteiger partial charge in [-0.1, -0.05) is 36.4 Å². The third kappa shape index (κ3) is 5.20. The minimum atomic E-state index is -0.828. The number of amides is 2. The molecule has 3 aromatic rings. The van der Waals surface area contributed by atoms with Crippen LogP contribution >= 0.6 is 0 Å². The van der Waals surface area contributed by atoms with Gasteiger partial charge in [-0.3, -0.25) is 20.4 Å². The second-order valence-corrected chi connectivity index (χ2v) is 6.05. The molecule has 3 aromatic carbocycles. The monoisotopic (exact) mass is 382 g/mol. The molecule has 7 heteroatoms. The number of hydrogen-bond donors (Lipinski definition) is 2. The molecule has 0 saturated heterocycles. The van der Waals surface area contributed by atoms with Crippen molar-refractivity contribution in [3.8, 4) is 11.5 Å². The Kier molecular flexibility index (Phi) is 6.06. The maximum Gasteiger partial charge on any atom is 0.279 e. The van der Waals surface area contributed by atoms with Gasteiger partial charge in [0.1, 0.15) is 17.3 Å². The summed E-state index contributed by atoms with van der Waals surface area (Å²) in [4.78, 5) is 23.8. The van der Waals surface area contributed by atoms with E-state index in [1.165, 1.54) is 18.2 Å². The van der Waals surface area contributed by atoms with Gasteiger partial charge >= 0.3 is 0 Å². The molecule has 0 radical (unpaired) electrons. The lowest BCUT2D eigenvalue weighted by atomic mass is 10.1. The third-order valence-electron chi connectivity index (χ3n) is 3.89. The molecule has 28 heavy (non-hydrogen) atoms. The number of halogens is 1. The van der Waals surface area contributed by atoms with Crippen molar-refractivity contribution in [1.29, 1.82) is 0 Å². The summed E-state index contributed by atoms with van der Waals surface area (Å²) < 4.78 is 23.8. The van der Waals surface area contributed by atoms with Gasteiger partial charge in [0.05, 0.1) is 0 Å². The summed E-state index contributed by atoms with van der Waals surface area (Å²) in [6.07, 6.45) is -0.828. The van der Waals surface area contributed by atoms with E-state index in [1.807, 2.05) is 36.4 Å². The Morgan fingerprint density at radius 3 is 2.50 bits per heavy atom. The van der Waals surface area contributed by atoms with Crippen LogP contribution in [0, 0.1) is 5.82 Å². The van der Waals surface area contributed by atoms with Gasteiger partial charge in [0.2, 0.25) is 0 Å². The fourth-order valence-electron chi connectivity index (χ4n) is 2.47. The summed E-state index contributed by atoms with van der Waals surface area (Å²) in [6.45, 7) is 1.20. The number of ether oxygens (including phenoxy) is 2. The van der Waals surface area contributed by atoms with E-state index in [0.29, 0.717) is 5.75 Å². The molecule has 2 N–H and O–H groups in total. The van der Waals surface area contributed by atoms with Gasteiger partial charge in [-0.05, 0) is 42.0 Å². The molecule has 144 valence electrons. The van der Waals surface area contributed by atoms with E-state index in [1.54, 1.807) is 13.0 Å². The number of carbonyl (C=O) groups is 2. The predicted octanol–water partition coefficient (Wildman–Crippen LogP) is 2.97. The molecule has 0 aliphatic rings. The van der Waals surface area contributed by atoms with Crippen LogP contribution in [0.3, 0.4) is 0 Å². The minimum absolute atomic E-state index is 0.217. The highest BCUT2D eigenvalue weighted by Gasteiger charge is 2.16. The van der Waals surface area contributed by atoms with Gasteiger partial charge in [0.25, 0.3) is 11.8 Å². The highest BCUT2D eigenvalue weighted by atomic mass is 19.1. The van der Waals surface area contributed by atoms with Crippen molar-refractivity contribution in [2.24, 2.45) is 0 Å². The zero-order valence-electron chi connectivity index (χ0n) is 15.1. The van der Waals surface area contributed by atoms with E-state index < -0.39 is 23.7 Å². The van der Waals surface area contributed by atoms with Crippen molar-refractivity contribution in [3.63, 3.8) is 0 Å². The van der Waals surface area contributed by atoms with Crippen LogP contribution in [-0.4, -0.2) is 24.5 Å². The number of fused-ring (bicyclic) bond motifs is 1. The molecule has 0 aromatic heterocycles. The van der Waals surface area contributed by atoms with Crippen LogP contribution in [0.5, 0.6) is 11.5 Å². The highest BCUT2D eigenvalue weighted by Crippen LogP contribution is 2.21. The molecule has 0 aliphatic heterocycles. The van der Waals surface area contributed by atoms with Crippen LogP contribution in [-0.2, 0) is 9.59 Å². The van der Waals surface area contributed by atoms with Crippen molar-refractivity contribution in [3.05, 3.63) is 72.5 Å². The van der Waals surface area contributed by atoms with Gasteiger partial charge in [-0.2, -0.15) is 0 Å². The molecule has 2 amide bonds. The molecule has 0 aliphatic carbocycles. The van der Waals surface area contributed by atoms with Crippen LogP contribution in [0.1, 0.15) is 6.92 Å². The van der Waals surface area contributed by atoms with Crippen LogP contribution in [0.15, 0.2) is 66.7 Å².